The van der Waals surface area contributed by atoms with Crippen LogP contribution in [0.4, 0.5) is 0 Å². The number of allylic oxidation sites excluding steroid dienone is 4. The maximum atomic E-state index is 2.41. The maximum Gasteiger partial charge on any atom is -0.0128 e. The van der Waals surface area contributed by atoms with E-state index >= 15 is 0 Å². The Morgan fingerprint density at radius 1 is 1.29 bits per heavy atom. The molecular formula is C14H22. The highest BCUT2D eigenvalue weighted by atomic mass is 14.4. The molecule has 0 nitrogen and oxygen atoms in total. The van der Waals surface area contributed by atoms with Gasteiger partial charge < -0.3 is 0 Å². The summed E-state index contributed by atoms with van der Waals surface area (Å²) >= 11 is 0. The van der Waals surface area contributed by atoms with Crippen LogP contribution in [0.15, 0.2) is 23.8 Å². The van der Waals surface area contributed by atoms with Crippen molar-refractivity contribution in [2.75, 3.05) is 0 Å². The fourth-order valence-electron chi connectivity index (χ4n) is 2.86. The van der Waals surface area contributed by atoms with Crippen LogP contribution >= 0.6 is 0 Å². The molecule has 0 aromatic rings. The Kier molecular flexibility index (Phi) is 3.10. The molecule has 0 aliphatic heterocycles. The lowest BCUT2D eigenvalue weighted by molar-refractivity contribution is 0.480. The van der Waals surface area contributed by atoms with E-state index in [0.29, 0.717) is 0 Å². The van der Waals surface area contributed by atoms with Gasteiger partial charge in [0.15, 0.2) is 0 Å². The minimum Gasteiger partial charge on any atom is -0.0808 e. The Balaban J connectivity index is 2.02. The zero-order valence-corrected chi connectivity index (χ0v) is 9.50. The van der Waals surface area contributed by atoms with Crippen LogP contribution in [0.2, 0.25) is 0 Å². The van der Waals surface area contributed by atoms with Gasteiger partial charge in [-0.15, -0.1) is 0 Å². The van der Waals surface area contributed by atoms with Crippen LogP contribution in [0.25, 0.3) is 0 Å². The summed E-state index contributed by atoms with van der Waals surface area (Å²) in [5.41, 5.74) is 1.78. The predicted octanol–water partition coefficient (Wildman–Crippen LogP) is 4.34. The van der Waals surface area contributed by atoms with Crippen LogP contribution in [0.5, 0.6) is 0 Å². The van der Waals surface area contributed by atoms with Crippen LogP contribution < -0.4 is 0 Å². The average Bonchev–Trinajstić information content (AvgIpc) is 2.95. The molecule has 0 amide bonds. The van der Waals surface area contributed by atoms with Gasteiger partial charge >= 0.3 is 0 Å². The molecule has 2 atom stereocenters. The molecule has 1 fully saturated rings. The number of hydrogen-bond acceptors (Lipinski definition) is 0. The zero-order valence-electron chi connectivity index (χ0n) is 9.50. The Labute approximate surface area is 88.1 Å². The van der Waals surface area contributed by atoms with Crippen molar-refractivity contribution in [1.29, 1.82) is 0 Å². The molecule has 1 saturated carbocycles. The minimum absolute atomic E-state index is 0.893. The van der Waals surface area contributed by atoms with Gasteiger partial charge in [0.25, 0.3) is 0 Å². The first-order valence-corrected chi connectivity index (χ1v) is 6.25. The molecule has 0 aromatic heterocycles. The quantitative estimate of drug-likeness (QED) is 0.605. The van der Waals surface area contributed by atoms with E-state index in [0.717, 1.165) is 17.8 Å². The molecule has 0 heterocycles. The Morgan fingerprint density at radius 2 is 2.00 bits per heavy atom. The summed E-state index contributed by atoms with van der Waals surface area (Å²) in [5, 5.41) is 0. The van der Waals surface area contributed by atoms with E-state index in [-0.39, 0.29) is 0 Å². The third-order valence-electron chi connectivity index (χ3n) is 3.66. The molecule has 0 aromatic carbocycles. The van der Waals surface area contributed by atoms with Crippen LogP contribution in [-0.2, 0) is 0 Å². The van der Waals surface area contributed by atoms with Gasteiger partial charge in [-0.05, 0) is 37.0 Å². The van der Waals surface area contributed by atoms with Crippen molar-refractivity contribution in [3.05, 3.63) is 23.8 Å². The first-order chi connectivity index (χ1) is 6.86. The van der Waals surface area contributed by atoms with Gasteiger partial charge in [-0.2, -0.15) is 0 Å². The smallest absolute Gasteiger partial charge is 0.0128 e. The van der Waals surface area contributed by atoms with E-state index in [4.69, 9.17) is 0 Å². The number of rotatable bonds is 5. The maximum absolute atomic E-state index is 2.41. The molecule has 0 heteroatoms. The molecule has 2 aliphatic rings. The monoisotopic (exact) mass is 190 g/mol. The van der Waals surface area contributed by atoms with Crippen LogP contribution in [0.1, 0.15) is 46.0 Å². The van der Waals surface area contributed by atoms with Crippen molar-refractivity contribution < 1.29 is 0 Å². The first-order valence-electron chi connectivity index (χ1n) is 6.25. The summed E-state index contributed by atoms with van der Waals surface area (Å²) in [6.07, 6.45) is 14.0. The van der Waals surface area contributed by atoms with Crippen LogP contribution in [0, 0.1) is 17.8 Å². The van der Waals surface area contributed by atoms with Crippen LogP contribution in [-0.4, -0.2) is 0 Å². The molecule has 0 spiro atoms. The SMILES string of the molecule is CCCC(CCC)C1=CC=CC2CC12. The van der Waals surface area contributed by atoms with Crippen LogP contribution in [0.3, 0.4) is 0 Å². The third-order valence-corrected chi connectivity index (χ3v) is 3.66. The van der Waals surface area contributed by atoms with Crippen molar-refractivity contribution in [3.8, 4) is 0 Å². The standard InChI is InChI=1S/C14H22/c1-3-6-11(7-4-2)13-9-5-8-12-10-14(12)13/h5,8-9,11-12,14H,3-4,6-7,10H2,1-2H3. The van der Waals surface area contributed by atoms with Crippen molar-refractivity contribution in [3.63, 3.8) is 0 Å². The highest BCUT2D eigenvalue weighted by molar-refractivity contribution is 5.31. The van der Waals surface area contributed by atoms with Gasteiger partial charge in [0.2, 0.25) is 0 Å². The predicted molar refractivity (Wildman–Crippen MR) is 62.1 cm³/mol. The molecule has 2 rings (SSSR count). The normalized spacial score (nSPS) is 28.9. The second kappa shape index (κ2) is 4.33. The summed E-state index contributed by atoms with van der Waals surface area (Å²) in [6, 6.07) is 0. The Bertz CT molecular complexity index is 241. The van der Waals surface area contributed by atoms with E-state index in [2.05, 4.69) is 32.1 Å². The highest BCUT2D eigenvalue weighted by Gasteiger charge is 2.40. The van der Waals surface area contributed by atoms with Crippen molar-refractivity contribution >= 4 is 0 Å². The van der Waals surface area contributed by atoms with E-state index in [1.165, 1.54) is 32.1 Å². The average molecular weight is 190 g/mol. The van der Waals surface area contributed by atoms with Crippen molar-refractivity contribution in [2.24, 2.45) is 17.8 Å². The summed E-state index contributed by atoms with van der Waals surface area (Å²) in [6.45, 7) is 4.62. The van der Waals surface area contributed by atoms with Gasteiger partial charge in [-0.25, -0.2) is 0 Å². The summed E-state index contributed by atoms with van der Waals surface area (Å²) in [4.78, 5) is 0. The molecule has 14 heavy (non-hydrogen) atoms. The lowest BCUT2D eigenvalue weighted by atomic mass is 9.85. The van der Waals surface area contributed by atoms with E-state index in [9.17, 15) is 0 Å². The first kappa shape index (κ1) is 10.0. The van der Waals surface area contributed by atoms with Gasteiger partial charge in [-0.1, -0.05) is 50.5 Å². The van der Waals surface area contributed by atoms with Gasteiger partial charge in [-0.3, -0.25) is 0 Å². The van der Waals surface area contributed by atoms with E-state index < -0.39 is 0 Å². The minimum atomic E-state index is 0.893. The Hall–Kier alpha value is -0.520. The molecular weight excluding hydrogens is 168 g/mol. The Morgan fingerprint density at radius 3 is 2.64 bits per heavy atom. The molecule has 2 aliphatic carbocycles. The molecule has 78 valence electrons. The van der Waals surface area contributed by atoms with E-state index in [1.54, 1.807) is 5.57 Å². The van der Waals surface area contributed by atoms with Gasteiger partial charge in [0, 0.05) is 0 Å². The fourth-order valence-corrected chi connectivity index (χ4v) is 2.86. The zero-order chi connectivity index (χ0) is 9.97. The molecule has 0 saturated heterocycles. The molecule has 0 bridgehead atoms. The molecule has 0 N–H and O–H groups in total. The number of fused-ring (bicyclic) bond motifs is 1. The lowest BCUT2D eigenvalue weighted by Gasteiger charge is -2.20. The fraction of sp³-hybridized carbons (Fsp3) is 0.714. The number of hydrogen-bond donors (Lipinski definition) is 0. The second-order valence-electron chi connectivity index (χ2n) is 4.83. The molecule has 2 unspecified atom stereocenters. The third kappa shape index (κ3) is 1.94. The van der Waals surface area contributed by atoms with Gasteiger partial charge in [0.05, 0.1) is 0 Å². The topological polar surface area (TPSA) is 0 Å². The van der Waals surface area contributed by atoms with Crippen molar-refractivity contribution in [1.82, 2.24) is 0 Å². The largest absolute Gasteiger partial charge is 0.0808 e. The summed E-state index contributed by atoms with van der Waals surface area (Å²) < 4.78 is 0. The highest BCUT2D eigenvalue weighted by Crippen LogP contribution is 2.51. The van der Waals surface area contributed by atoms with E-state index in [1.807, 2.05) is 0 Å². The summed E-state index contributed by atoms with van der Waals surface area (Å²) in [7, 11) is 0. The lowest BCUT2D eigenvalue weighted by Crippen LogP contribution is -2.07. The summed E-state index contributed by atoms with van der Waals surface area (Å²) in [5.74, 6) is 2.76. The molecule has 0 radical (unpaired) electrons. The van der Waals surface area contributed by atoms with Gasteiger partial charge in [0.1, 0.15) is 0 Å². The van der Waals surface area contributed by atoms with Crippen molar-refractivity contribution in [2.45, 2.75) is 46.0 Å². The second-order valence-corrected chi connectivity index (χ2v) is 4.83.